The van der Waals surface area contributed by atoms with Gasteiger partial charge in [-0.3, -0.25) is 14.5 Å². The zero-order valence-electron chi connectivity index (χ0n) is 13.8. The highest BCUT2D eigenvalue weighted by Crippen LogP contribution is 2.18. The lowest BCUT2D eigenvalue weighted by molar-refractivity contribution is -0.138. The number of aliphatic carboxylic acids is 1. The molecule has 1 saturated heterocycles. The molecule has 1 aliphatic heterocycles. The Morgan fingerprint density at radius 3 is 2.65 bits per heavy atom. The summed E-state index contributed by atoms with van der Waals surface area (Å²) in [6, 6.07) is 5.68. The zero-order valence-corrected chi connectivity index (χ0v) is 13.8. The van der Waals surface area contributed by atoms with Gasteiger partial charge in [0.05, 0.1) is 25.1 Å². The van der Waals surface area contributed by atoms with E-state index in [2.05, 4.69) is 0 Å². The number of aliphatic hydroxyl groups is 1. The molecule has 0 aliphatic carbocycles. The van der Waals surface area contributed by atoms with Gasteiger partial charge < -0.3 is 15.1 Å². The number of amides is 1. The van der Waals surface area contributed by atoms with Crippen molar-refractivity contribution < 1.29 is 19.8 Å². The number of carbonyl (C=O) groups is 2. The fourth-order valence-electron chi connectivity index (χ4n) is 3.00. The van der Waals surface area contributed by atoms with Crippen LogP contribution in [0.1, 0.15) is 16.7 Å². The number of nitrogens with zero attached hydrogens (tertiary/aromatic N) is 2. The van der Waals surface area contributed by atoms with Gasteiger partial charge in [0.25, 0.3) is 0 Å². The summed E-state index contributed by atoms with van der Waals surface area (Å²) in [6.07, 6.45) is -0.419. The summed E-state index contributed by atoms with van der Waals surface area (Å²) in [5.41, 5.74) is 3.17. The van der Waals surface area contributed by atoms with Gasteiger partial charge in [0.1, 0.15) is 0 Å². The highest BCUT2D eigenvalue weighted by molar-refractivity contribution is 5.79. The van der Waals surface area contributed by atoms with Crippen molar-refractivity contribution in [3.05, 3.63) is 34.9 Å². The van der Waals surface area contributed by atoms with E-state index < -0.39 is 12.1 Å². The fourth-order valence-corrected chi connectivity index (χ4v) is 3.00. The number of β-amino-alcohol motifs (C(OH)–C–C–N with tert-alkyl or cyclic N) is 1. The van der Waals surface area contributed by atoms with Crippen LogP contribution >= 0.6 is 0 Å². The molecule has 6 nitrogen and oxygen atoms in total. The molecular formula is C17H24N2O4. The van der Waals surface area contributed by atoms with Crippen LogP contribution in [0.2, 0.25) is 0 Å². The van der Waals surface area contributed by atoms with E-state index in [1.165, 1.54) is 0 Å². The molecule has 1 aromatic rings. The molecule has 0 unspecified atom stereocenters. The monoisotopic (exact) mass is 320 g/mol. The maximum absolute atomic E-state index is 12.5. The van der Waals surface area contributed by atoms with Gasteiger partial charge in [0.15, 0.2) is 0 Å². The first-order valence-corrected chi connectivity index (χ1v) is 7.72. The predicted octanol–water partition coefficient (Wildman–Crippen LogP) is 0.434. The summed E-state index contributed by atoms with van der Waals surface area (Å²) in [6.45, 7) is 4.42. The van der Waals surface area contributed by atoms with E-state index in [0.29, 0.717) is 13.0 Å². The van der Waals surface area contributed by atoms with E-state index in [4.69, 9.17) is 5.11 Å². The molecule has 1 amide bonds. The summed E-state index contributed by atoms with van der Waals surface area (Å²) >= 11 is 0. The Bertz CT molecular complexity index is 602. The third-order valence-electron chi connectivity index (χ3n) is 4.41. The molecule has 126 valence electrons. The van der Waals surface area contributed by atoms with Crippen molar-refractivity contribution in [1.29, 1.82) is 0 Å². The van der Waals surface area contributed by atoms with Crippen molar-refractivity contribution in [3.63, 3.8) is 0 Å². The van der Waals surface area contributed by atoms with Crippen LogP contribution in [0.5, 0.6) is 0 Å². The smallest absolute Gasteiger partial charge is 0.317 e. The minimum Gasteiger partial charge on any atom is -0.480 e. The molecule has 2 N–H and O–H groups in total. The average molecular weight is 320 g/mol. The lowest BCUT2D eigenvalue weighted by Crippen LogP contribution is -2.43. The van der Waals surface area contributed by atoms with Gasteiger partial charge in [-0.2, -0.15) is 0 Å². The lowest BCUT2D eigenvalue weighted by atomic mass is 10.0. The van der Waals surface area contributed by atoms with Crippen molar-refractivity contribution in [2.75, 3.05) is 26.7 Å². The van der Waals surface area contributed by atoms with E-state index >= 15 is 0 Å². The maximum atomic E-state index is 12.5. The van der Waals surface area contributed by atoms with Gasteiger partial charge in [-0.05, 0) is 32.0 Å². The third kappa shape index (κ3) is 4.30. The molecule has 2 rings (SSSR count). The number of likely N-dealkylation sites (N-methyl/N-ethyl adjacent to an activating group) is 1. The quantitative estimate of drug-likeness (QED) is 0.822. The van der Waals surface area contributed by atoms with Crippen molar-refractivity contribution in [1.82, 2.24) is 9.80 Å². The van der Waals surface area contributed by atoms with Crippen LogP contribution in [0.15, 0.2) is 18.2 Å². The summed E-state index contributed by atoms with van der Waals surface area (Å²) in [5.74, 6) is -0.983. The second kappa shape index (κ2) is 7.10. The zero-order chi connectivity index (χ0) is 17.1. The van der Waals surface area contributed by atoms with Gasteiger partial charge in [0.2, 0.25) is 5.91 Å². The normalized spacial score (nSPS) is 21.0. The van der Waals surface area contributed by atoms with Crippen LogP contribution < -0.4 is 0 Å². The van der Waals surface area contributed by atoms with Gasteiger partial charge >= 0.3 is 5.97 Å². The van der Waals surface area contributed by atoms with Crippen LogP contribution in [0, 0.1) is 13.8 Å². The Hall–Kier alpha value is -1.92. The van der Waals surface area contributed by atoms with Crippen LogP contribution in [0.4, 0.5) is 0 Å². The van der Waals surface area contributed by atoms with Gasteiger partial charge in [-0.15, -0.1) is 0 Å². The van der Waals surface area contributed by atoms with Gasteiger partial charge in [-0.1, -0.05) is 23.8 Å². The Labute approximate surface area is 136 Å². The van der Waals surface area contributed by atoms with Gasteiger partial charge in [-0.25, -0.2) is 0 Å². The fraction of sp³-hybridized carbons (Fsp3) is 0.529. The number of rotatable bonds is 5. The minimum absolute atomic E-state index is 0.0380. The summed E-state index contributed by atoms with van der Waals surface area (Å²) in [7, 11) is 1.65. The molecule has 0 spiro atoms. The second-order valence-corrected chi connectivity index (χ2v) is 6.35. The standard InChI is InChI=1S/C17H24N2O4/c1-11-4-5-12(2)13(6-11)7-16(21)19-8-14(15(20)9-19)18(3)10-17(22)23/h4-6,14-15,20H,7-10H2,1-3H3,(H,22,23)/t14-,15-/m1/s1. The van der Waals surface area contributed by atoms with Crippen molar-refractivity contribution in [2.45, 2.75) is 32.4 Å². The molecular weight excluding hydrogens is 296 g/mol. The first-order valence-electron chi connectivity index (χ1n) is 7.72. The molecule has 0 saturated carbocycles. The van der Waals surface area contributed by atoms with Crippen LogP contribution in [-0.4, -0.2) is 70.7 Å². The van der Waals surface area contributed by atoms with E-state index in [-0.39, 0.29) is 25.0 Å². The molecule has 1 fully saturated rings. The van der Waals surface area contributed by atoms with Crippen LogP contribution in [0.3, 0.4) is 0 Å². The third-order valence-corrected chi connectivity index (χ3v) is 4.41. The summed E-state index contributed by atoms with van der Waals surface area (Å²) < 4.78 is 0. The largest absolute Gasteiger partial charge is 0.480 e. The number of aliphatic hydroxyl groups excluding tert-OH is 1. The molecule has 6 heteroatoms. The van der Waals surface area contributed by atoms with Crippen molar-refractivity contribution in [3.8, 4) is 0 Å². The topological polar surface area (TPSA) is 81.1 Å². The molecule has 2 atom stereocenters. The number of carbonyl (C=O) groups excluding carboxylic acids is 1. The summed E-state index contributed by atoms with van der Waals surface area (Å²) in [5, 5.41) is 19.0. The Morgan fingerprint density at radius 1 is 1.30 bits per heavy atom. The first-order chi connectivity index (χ1) is 10.8. The number of benzene rings is 1. The van der Waals surface area contributed by atoms with E-state index in [1.807, 2.05) is 32.0 Å². The average Bonchev–Trinajstić information content (AvgIpc) is 2.84. The van der Waals surface area contributed by atoms with Crippen LogP contribution in [-0.2, 0) is 16.0 Å². The van der Waals surface area contributed by atoms with E-state index in [1.54, 1.807) is 16.8 Å². The van der Waals surface area contributed by atoms with Crippen molar-refractivity contribution in [2.24, 2.45) is 0 Å². The number of likely N-dealkylation sites (tertiary alicyclic amines) is 1. The number of aryl methyl sites for hydroxylation is 2. The Kier molecular flexibility index (Phi) is 5.38. The number of carboxylic acid groups (broad SMARTS) is 1. The van der Waals surface area contributed by atoms with Crippen LogP contribution in [0.25, 0.3) is 0 Å². The maximum Gasteiger partial charge on any atom is 0.317 e. The minimum atomic E-state index is -0.945. The molecule has 1 aromatic carbocycles. The highest BCUT2D eigenvalue weighted by atomic mass is 16.4. The SMILES string of the molecule is Cc1ccc(C)c(CC(=O)N2C[C@@H](O)[C@H](N(C)CC(=O)O)C2)c1. The molecule has 0 aromatic heterocycles. The summed E-state index contributed by atoms with van der Waals surface area (Å²) in [4.78, 5) is 26.5. The lowest BCUT2D eigenvalue weighted by Gasteiger charge is -2.24. The van der Waals surface area contributed by atoms with Gasteiger partial charge in [0, 0.05) is 13.1 Å². The first kappa shape index (κ1) is 17.4. The molecule has 23 heavy (non-hydrogen) atoms. The molecule has 0 bridgehead atoms. The molecule has 1 aliphatic rings. The number of hydrogen-bond donors (Lipinski definition) is 2. The van der Waals surface area contributed by atoms with Crippen molar-refractivity contribution >= 4 is 11.9 Å². The number of hydrogen-bond acceptors (Lipinski definition) is 4. The highest BCUT2D eigenvalue weighted by Gasteiger charge is 2.36. The van der Waals surface area contributed by atoms with E-state index in [0.717, 1.165) is 16.7 Å². The predicted molar refractivity (Wildman–Crippen MR) is 86.3 cm³/mol. The Balaban J connectivity index is 2.01. The Morgan fingerprint density at radius 2 is 2.00 bits per heavy atom. The second-order valence-electron chi connectivity index (χ2n) is 6.35. The molecule has 0 radical (unpaired) electrons. The number of carboxylic acids is 1. The molecule has 1 heterocycles. The van der Waals surface area contributed by atoms with E-state index in [9.17, 15) is 14.7 Å².